The van der Waals surface area contributed by atoms with Crippen molar-refractivity contribution in [1.29, 1.82) is 0 Å². The van der Waals surface area contributed by atoms with Crippen molar-refractivity contribution in [3.8, 4) is 0 Å². The fraction of sp³-hybridized carbons (Fsp3) is 0.938. The first kappa shape index (κ1) is 14.8. The SMILES string of the molecule is CC(C)(CNC(=O)C1CCC(O)CC1)C1CCCC1. The van der Waals surface area contributed by atoms with Crippen LogP contribution in [-0.4, -0.2) is 23.7 Å². The minimum Gasteiger partial charge on any atom is -0.393 e. The lowest BCUT2D eigenvalue weighted by molar-refractivity contribution is -0.127. The summed E-state index contributed by atoms with van der Waals surface area (Å²) < 4.78 is 0. The molecule has 110 valence electrons. The molecule has 2 aliphatic carbocycles. The molecule has 2 aliphatic rings. The smallest absolute Gasteiger partial charge is 0.223 e. The highest BCUT2D eigenvalue weighted by Crippen LogP contribution is 2.39. The summed E-state index contributed by atoms with van der Waals surface area (Å²) >= 11 is 0. The summed E-state index contributed by atoms with van der Waals surface area (Å²) in [4.78, 5) is 12.2. The minimum atomic E-state index is -0.182. The van der Waals surface area contributed by atoms with Crippen molar-refractivity contribution in [3.63, 3.8) is 0 Å². The molecule has 2 rings (SSSR count). The first-order chi connectivity index (χ1) is 8.99. The van der Waals surface area contributed by atoms with Gasteiger partial charge in [0, 0.05) is 12.5 Å². The number of carbonyl (C=O) groups is 1. The van der Waals surface area contributed by atoms with E-state index in [9.17, 15) is 9.90 Å². The van der Waals surface area contributed by atoms with Gasteiger partial charge in [-0.15, -0.1) is 0 Å². The number of aliphatic hydroxyl groups is 1. The summed E-state index contributed by atoms with van der Waals surface area (Å²) in [5.41, 5.74) is 0.223. The van der Waals surface area contributed by atoms with E-state index in [4.69, 9.17) is 0 Å². The van der Waals surface area contributed by atoms with Crippen LogP contribution in [0.1, 0.15) is 65.2 Å². The second kappa shape index (κ2) is 6.25. The van der Waals surface area contributed by atoms with Crippen LogP contribution < -0.4 is 5.32 Å². The van der Waals surface area contributed by atoms with Crippen LogP contribution in [0.2, 0.25) is 0 Å². The van der Waals surface area contributed by atoms with E-state index >= 15 is 0 Å². The predicted molar refractivity (Wildman–Crippen MR) is 76.7 cm³/mol. The standard InChI is InChI=1S/C16H29NO2/c1-16(2,13-5-3-4-6-13)11-17-15(19)12-7-9-14(18)10-8-12/h12-14,18H,3-11H2,1-2H3,(H,17,19). The third kappa shape index (κ3) is 3.95. The Hall–Kier alpha value is -0.570. The molecule has 0 spiro atoms. The summed E-state index contributed by atoms with van der Waals surface area (Å²) in [5.74, 6) is 1.10. The lowest BCUT2D eigenvalue weighted by Gasteiger charge is -2.33. The molecule has 0 aromatic carbocycles. The number of nitrogens with one attached hydrogen (secondary N) is 1. The molecule has 0 aliphatic heterocycles. The fourth-order valence-electron chi connectivity index (χ4n) is 3.65. The summed E-state index contributed by atoms with van der Waals surface area (Å²) in [5, 5.41) is 12.6. The summed E-state index contributed by atoms with van der Waals surface area (Å²) in [6.45, 7) is 5.37. The highest BCUT2D eigenvalue weighted by atomic mass is 16.3. The van der Waals surface area contributed by atoms with Crippen LogP contribution in [-0.2, 0) is 4.79 Å². The maximum absolute atomic E-state index is 12.2. The number of rotatable bonds is 4. The van der Waals surface area contributed by atoms with E-state index < -0.39 is 0 Å². The quantitative estimate of drug-likeness (QED) is 0.823. The molecule has 0 unspecified atom stereocenters. The Labute approximate surface area is 117 Å². The monoisotopic (exact) mass is 267 g/mol. The zero-order valence-electron chi connectivity index (χ0n) is 12.5. The highest BCUT2D eigenvalue weighted by Gasteiger charge is 2.33. The molecule has 2 saturated carbocycles. The molecule has 0 aromatic rings. The average molecular weight is 267 g/mol. The third-order valence-electron chi connectivity index (χ3n) is 5.25. The van der Waals surface area contributed by atoms with Crippen LogP contribution in [0.15, 0.2) is 0 Å². The first-order valence-corrected chi connectivity index (χ1v) is 7.95. The largest absolute Gasteiger partial charge is 0.393 e. The van der Waals surface area contributed by atoms with Crippen LogP contribution >= 0.6 is 0 Å². The second-order valence-electron chi connectivity index (χ2n) is 7.19. The van der Waals surface area contributed by atoms with Gasteiger partial charge in [0.25, 0.3) is 0 Å². The molecule has 0 atom stereocenters. The third-order valence-corrected chi connectivity index (χ3v) is 5.25. The molecule has 0 aromatic heterocycles. The first-order valence-electron chi connectivity index (χ1n) is 7.95. The van der Waals surface area contributed by atoms with Gasteiger partial charge in [0.2, 0.25) is 5.91 Å². The molecule has 2 N–H and O–H groups in total. The number of aliphatic hydroxyl groups excluding tert-OH is 1. The van der Waals surface area contributed by atoms with E-state index in [-0.39, 0.29) is 23.3 Å². The summed E-state index contributed by atoms with van der Waals surface area (Å²) in [6, 6.07) is 0. The topological polar surface area (TPSA) is 49.3 Å². The normalized spacial score (nSPS) is 29.4. The zero-order chi connectivity index (χ0) is 13.9. The van der Waals surface area contributed by atoms with Crippen LogP contribution in [0.5, 0.6) is 0 Å². The maximum atomic E-state index is 12.2. The second-order valence-corrected chi connectivity index (χ2v) is 7.19. The van der Waals surface area contributed by atoms with Crippen LogP contribution in [0.25, 0.3) is 0 Å². The van der Waals surface area contributed by atoms with Crippen LogP contribution in [0, 0.1) is 17.3 Å². The molecule has 2 fully saturated rings. The van der Waals surface area contributed by atoms with E-state index in [1.165, 1.54) is 25.7 Å². The predicted octanol–water partition coefficient (Wildman–Crippen LogP) is 2.87. The zero-order valence-corrected chi connectivity index (χ0v) is 12.5. The molecule has 3 heteroatoms. The molecule has 0 bridgehead atoms. The van der Waals surface area contributed by atoms with Crippen molar-refractivity contribution in [2.45, 2.75) is 71.3 Å². The van der Waals surface area contributed by atoms with Crippen molar-refractivity contribution in [2.75, 3.05) is 6.54 Å². The van der Waals surface area contributed by atoms with E-state index in [2.05, 4.69) is 19.2 Å². The summed E-state index contributed by atoms with van der Waals surface area (Å²) in [6.07, 6.45) is 8.41. The molecule has 3 nitrogen and oxygen atoms in total. The van der Waals surface area contributed by atoms with Gasteiger partial charge in [-0.05, 0) is 49.9 Å². The number of hydrogen-bond donors (Lipinski definition) is 2. The Morgan fingerprint density at radius 1 is 1.11 bits per heavy atom. The van der Waals surface area contributed by atoms with Crippen molar-refractivity contribution in [1.82, 2.24) is 5.32 Å². The Bertz CT molecular complexity index is 300. The number of carbonyl (C=O) groups excluding carboxylic acids is 1. The Balaban J connectivity index is 1.76. The molecular weight excluding hydrogens is 238 g/mol. The van der Waals surface area contributed by atoms with Gasteiger partial charge in [-0.2, -0.15) is 0 Å². The Kier molecular flexibility index (Phi) is 4.88. The van der Waals surface area contributed by atoms with E-state index in [0.29, 0.717) is 0 Å². The lowest BCUT2D eigenvalue weighted by atomic mass is 9.77. The van der Waals surface area contributed by atoms with E-state index in [0.717, 1.165) is 38.1 Å². The summed E-state index contributed by atoms with van der Waals surface area (Å²) in [7, 11) is 0. The van der Waals surface area contributed by atoms with Crippen molar-refractivity contribution >= 4 is 5.91 Å². The number of amides is 1. The molecule has 19 heavy (non-hydrogen) atoms. The lowest BCUT2D eigenvalue weighted by Crippen LogP contribution is -2.41. The van der Waals surface area contributed by atoms with Crippen molar-refractivity contribution in [2.24, 2.45) is 17.3 Å². The van der Waals surface area contributed by atoms with Gasteiger partial charge >= 0.3 is 0 Å². The molecule has 1 amide bonds. The van der Waals surface area contributed by atoms with Gasteiger partial charge in [0.15, 0.2) is 0 Å². The van der Waals surface area contributed by atoms with E-state index in [1.807, 2.05) is 0 Å². The van der Waals surface area contributed by atoms with Crippen LogP contribution in [0.3, 0.4) is 0 Å². The van der Waals surface area contributed by atoms with Gasteiger partial charge in [0.05, 0.1) is 6.10 Å². The average Bonchev–Trinajstić information content (AvgIpc) is 2.91. The van der Waals surface area contributed by atoms with Gasteiger partial charge in [-0.25, -0.2) is 0 Å². The molecule has 0 radical (unpaired) electrons. The van der Waals surface area contributed by atoms with Gasteiger partial charge in [0.1, 0.15) is 0 Å². The Morgan fingerprint density at radius 3 is 2.26 bits per heavy atom. The van der Waals surface area contributed by atoms with Crippen molar-refractivity contribution in [3.05, 3.63) is 0 Å². The van der Waals surface area contributed by atoms with Gasteiger partial charge < -0.3 is 10.4 Å². The Morgan fingerprint density at radius 2 is 1.68 bits per heavy atom. The minimum absolute atomic E-state index is 0.128. The van der Waals surface area contributed by atoms with Crippen LogP contribution in [0.4, 0.5) is 0 Å². The van der Waals surface area contributed by atoms with Gasteiger partial charge in [-0.3, -0.25) is 4.79 Å². The van der Waals surface area contributed by atoms with Gasteiger partial charge in [-0.1, -0.05) is 26.7 Å². The van der Waals surface area contributed by atoms with E-state index in [1.54, 1.807) is 0 Å². The van der Waals surface area contributed by atoms with Crippen molar-refractivity contribution < 1.29 is 9.90 Å². The fourth-order valence-corrected chi connectivity index (χ4v) is 3.65. The maximum Gasteiger partial charge on any atom is 0.223 e. The molecule has 0 saturated heterocycles. The molecule has 0 heterocycles. The molecular formula is C16H29NO2. The number of hydrogen-bond acceptors (Lipinski definition) is 2. The highest BCUT2D eigenvalue weighted by molar-refractivity contribution is 5.78.